The van der Waals surface area contributed by atoms with Crippen LogP contribution >= 0.6 is 22.7 Å². The van der Waals surface area contributed by atoms with Crippen molar-refractivity contribution >= 4 is 44.5 Å². The molecular weight excluding hydrogens is 552 g/mol. The Hall–Kier alpha value is -3.19. The van der Waals surface area contributed by atoms with E-state index in [4.69, 9.17) is 0 Å². The highest BCUT2D eigenvalue weighted by atomic mass is 32.1. The number of alkyl halides is 3. The third-order valence-corrected chi connectivity index (χ3v) is 8.98. The molecule has 2 aliphatic rings. The predicted molar refractivity (Wildman–Crippen MR) is 142 cm³/mol. The van der Waals surface area contributed by atoms with Crippen molar-refractivity contribution in [1.82, 2.24) is 20.5 Å². The summed E-state index contributed by atoms with van der Waals surface area (Å²) in [6.07, 6.45) is -3.81. The maximum atomic E-state index is 15.2. The first-order chi connectivity index (χ1) is 18.6. The van der Waals surface area contributed by atoms with E-state index < -0.39 is 29.0 Å². The van der Waals surface area contributed by atoms with Gasteiger partial charge in [-0.25, -0.2) is 9.37 Å². The average molecular weight is 575 g/mol. The van der Waals surface area contributed by atoms with E-state index in [1.165, 1.54) is 23.5 Å². The van der Waals surface area contributed by atoms with Crippen LogP contribution in [0.3, 0.4) is 0 Å². The molecule has 4 aromatic rings. The number of Topliss-reactive ketones (excluding diaryl/α,β-unsaturated/α-hetero) is 1. The highest BCUT2D eigenvalue weighted by Crippen LogP contribution is 2.36. The van der Waals surface area contributed by atoms with Crippen molar-refractivity contribution in [3.05, 3.63) is 75.3 Å². The number of carbonyl (C=O) groups is 2. The van der Waals surface area contributed by atoms with E-state index in [0.717, 1.165) is 23.5 Å². The lowest BCUT2D eigenvalue weighted by Crippen LogP contribution is -2.67. The number of likely N-dealkylation sites (tertiary alicyclic amines) is 1. The van der Waals surface area contributed by atoms with Gasteiger partial charge in [0.15, 0.2) is 5.82 Å². The molecule has 1 atom stereocenters. The molecule has 2 N–H and O–H groups in total. The minimum atomic E-state index is -4.43. The van der Waals surface area contributed by atoms with E-state index in [1.807, 2.05) is 0 Å². The lowest BCUT2D eigenvalue weighted by molar-refractivity contribution is -0.137. The van der Waals surface area contributed by atoms with Gasteiger partial charge >= 0.3 is 6.18 Å². The number of amides is 1. The van der Waals surface area contributed by atoms with Gasteiger partial charge in [-0.3, -0.25) is 14.9 Å². The Labute approximate surface area is 228 Å². The van der Waals surface area contributed by atoms with Crippen molar-refractivity contribution in [2.45, 2.75) is 24.2 Å². The molecule has 6 rings (SSSR count). The summed E-state index contributed by atoms with van der Waals surface area (Å²) in [5.74, 6) is -1.10. The Morgan fingerprint density at radius 2 is 1.85 bits per heavy atom. The van der Waals surface area contributed by atoms with Crippen molar-refractivity contribution in [3.63, 3.8) is 0 Å². The first kappa shape index (κ1) is 26.1. The second-order valence-corrected chi connectivity index (χ2v) is 11.6. The normalized spacial score (nSPS) is 19.9. The zero-order chi connectivity index (χ0) is 27.4. The lowest BCUT2D eigenvalue weighted by Gasteiger charge is -2.43. The number of ketones is 1. The molecule has 2 aliphatic heterocycles. The summed E-state index contributed by atoms with van der Waals surface area (Å²) >= 11 is 2.39. The average Bonchev–Trinajstić information content (AvgIpc) is 3.66. The minimum absolute atomic E-state index is 0.0104. The van der Waals surface area contributed by atoms with Gasteiger partial charge in [0.05, 0.1) is 16.6 Å². The number of hydrogen-bond donors (Lipinski definition) is 2. The van der Waals surface area contributed by atoms with Crippen LogP contribution in [-0.2, 0) is 6.18 Å². The third kappa shape index (κ3) is 4.75. The van der Waals surface area contributed by atoms with Gasteiger partial charge in [-0.1, -0.05) is 18.2 Å². The number of nitrogens with zero attached hydrogens (tertiary/aromatic N) is 2. The summed E-state index contributed by atoms with van der Waals surface area (Å²) in [6.45, 7) is 1.85. The van der Waals surface area contributed by atoms with Crippen molar-refractivity contribution in [2.75, 3.05) is 26.2 Å². The monoisotopic (exact) mass is 574 g/mol. The van der Waals surface area contributed by atoms with E-state index >= 15 is 4.39 Å². The SMILES string of the molecule is O=C(c1sc2cc(-c3ccc(C(F)(F)F)cc3)ccc2c1F)N1CC(N[C@@]2(C(=O)c3cscn3)CCNC2)C1. The Morgan fingerprint density at radius 1 is 1.10 bits per heavy atom. The molecule has 2 aromatic heterocycles. The van der Waals surface area contributed by atoms with E-state index in [2.05, 4.69) is 15.6 Å². The molecule has 0 radical (unpaired) electrons. The number of rotatable bonds is 6. The molecule has 2 saturated heterocycles. The van der Waals surface area contributed by atoms with Crippen molar-refractivity contribution in [3.8, 4) is 11.1 Å². The largest absolute Gasteiger partial charge is 0.416 e. The summed E-state index contributed by atoms with van der Waals surface area (Å²) in [7, 11) is 0. The molecule has 1 amide bonds. The van der Waals surface area contributed by atoms with Gasteiger partial charge in [0.1, 0.15) is 10.6 Å². The number of nitrogens with one attached hydrogen (secondary N) is 2. The number of fused-ring (bicyclic) bond motifs is 1. The third-order valence-electron chi connectivity index (χ3n) is 7.27. The van der Waals surface area contributed by atoms with E-state index in [9.17, 15) is 22.8 Å². The number of carbonyl (C=O) groups excluding carboxylic acids is 2. The minimum Gasteiger partial charge on any atom is -0.335 e. The van der Waals surface area contributed by atoms with Crippen LogP contribution in [0.15, 0.2) is 53.4 Å². The summed E-state index contributed by atoms with van der Waals surface area (Å²) in [6, 6.07) is 9.52. The summed E-state index contributed by atoms with van der Waals surface area (Å²) in [5.41, 5.74) is 1.71. The van der Waals surface area contributed by atoms with E-state index in [0.29, 0.717) is 59.5 Å². The van der Waals surface area contributed by atoms with Crippen LogP contribution in [0.25, 0.3) is 21.2 Å². The number of aromatic nitrogens is 1. The number of benzene rings is 2. The van der Waals surface area contributed by atoms with Crippen LogP contribution < -0.4 is 10.6 Å². The van der Waals surface area contributed by atoms with Crippen molar-refractivity contribution < 1.29 is 27.2 Å². The second kappa shape index (κ2) is 9.77. The zero-order valence-corrected chi connectivity index (χ0v) is 22.0. The van der Waals surface area contributed by atoms with Gasteiger partial charge in [-0.15, -0.1) is 22.7 Å². The van der Waals surface area contributed by atoms with Crippen LogP contribution in [0, 0.1) is 5.82 Å². The molecule has 0 bridgehead atoms. The molecule has 4 heterocycles. The van der Waals surface area contributed by atoms with Crippen molar-refractivity contribution in [2.24, 2.45) is 0 Å². The zero-order valence-electron chi connectivity index (χ0n) is 20.3. The van der Waals surface area contributed by atoms with Crippen LogP contribution in [-0.4, -0.2) is 59.3 Å². The van der Waals surface area contributed by atoms with Gasteiger partial charge in [-0.2, -0.15) is 13.2 Å². The summed E-state index contributed by atoms with van der Waals surface area (Å²) in [4.78, 5) is 32.0. The maximum absolute atomic E-state index is 15.2. The Kier molecular flexibility index (Phi) is 6.53. The quantitative estimate of drug-likeness (QED) is 0.244. The first-order valence-electron chi connectivity index (χ1n) is 12.2. The van der Waals surface area contributed by atoms with E-state index in [1.54, 1.807) is 34.0 Å². The summed E-state index contributed by atoms with van der Waals surface area (Å²) < 4.78 is 54.4. The molecule has 6 nitrogen and oxygen atoms in total. The molecule has 2 fully saturated rings. The second-order valence-electron chi connectivity index (χ2n) is 9.79. The Balaban J connectivity index is 1.16. The van der Waals surface area contributed by atoms with Gasteiger partial charge in [0.25, 0.3) is 5.91 Å². The molecule has 202 valence electrons. The van der Waals surface area contributed by atoms with Gasteiger partial charge in [0, 0.05) is 41.1 Å². The fourth-order valence-corrected chi connectivity index (χ4v) is 6.77. The van der Waals surface area contributed by atoms with Crippen LogP contribution in [0.4, 0.5) is 17.6 Å². The number of hydrogen-bond acceptors (Lipinski definition) is 7. The summed E-state index contributed by atoms with van der Waals surface area (Å²) in [5, 5.41) is 8.68. The van der Waals surface area contributed by atoms with Gasteiger partial charge in [-0.05, 0) is 48.4 Å². The van der Waals surface area contributed by atoms with Gasteiger partial charge in [0.2, 0.25) is 5.78 Å². The molecule has 0 saturated carbocycles. The molecule has 2 aromatic carbocycles. The number of halogens is 4. The van der Waals surface area contributed by atoms with Gasteiger partial charge < -0.3 is 10.2 Å². The lowest BCUT2D eigenvalue weighted by atomic mass is 9.89. The number of thiophene rings is 1. The fourth-order valence-electron chi connectivity index (χ4n) is 5.15. The fraction of sp³-hybridized carbons (Fsp3) is 0.296. The number of thiazole rings is 1. The highest BCUT2D eigenvalue weighted by molar-refractivity contribution is 7.20. The predicted octanol–water partition coefficient (Wildman–Crippen LogP) is 5.21. The maximum Gasteiger partial charge on any atom is 0.416 e. The van der Waals surface area contributed by atoms with Crippen LogP contribution in [0.2, 0.25) is 0 Å². The first-order valence-corrected chi connectivity index (χ1v) is 14.0. The molecule has 12 heteroatoms. The standard InChI is InChI=1S/C27H22F4N4O2S2/c28-22-19-6-3-16(15-1-4-17(5-2-15)27(29,30)31)9-21(19)39-23(22)25(37)35-10-18(11-35)34-26(7-8-32-13-26)24(36)20-12-38-14-33-20/h1-6,9,12,14,18,32,34H,7-8,10-11,13H2/t26-/m0/s1. The molecule has 0 spiro atoms. The molecular formula is C27H22F4N4O2S2. The topological polar surface area (TPSA) is 74.3 Å². The Bertz CT molecular complexity index is 1540. The smallest absolute Gasteiger partial charge is 0.335 e. The molecule has 0 aliphatic carbocycles. The van der Waals surface area contributed by atoms with Crippen LogP contribution in [0.5, 0.6) is 0 Å². The Morgan fingerprint density at radius 3 is 2.49 bits per heavy atom. The molecule has 39 heavy (non-hydrogen) atoms. The highest BCUT2D eigenvalue weighted by Gasteiger charge is 2.46. The van der Waals surface area contributed by atoms with Crippen molar-refractivity contribution in [1.29, 1.82) is 0 Å². The van der Waals surface area contributed by atoms with E-state index in [-0.39, 0.29) is 16.7 Å². The molecule has 0 unspecified atom stereocenters. The van der Waals surface area contributed by atoms with Crippen LogP contribution in [0.1, 0.15) is 32.1 Å².